The first-order valence-electron chi connectivity index (χ1n) is 11.8. The average Bonchev–Trinajstić information content (AvgIpc) is 2.86. The summed E-state index contributed by atoms with van der Waals surface area (Å²) in [6.07, 6.45) is 4.13. The Morgan fingerprint density at radius 3 is 2.53 bits per heavy atom. The van der Waals surface area contributed by atoms with Crippen molar-refractivity contribution in [2.24, 2.45) is 4.99 Å². The highest BCUT2D eigenvalue weighted by molar-refractivity contribution is 5.80. The molecule has 4 rings (SSSR count). The van der Waals surface area contributed by atoms with Crippen LogP contribution in [0.25, 0.3) is 0 Å². The van der Waals surface area contributed by atoms with Crippen LogP contribution in [0, 0.1) is 0 Å². The first-order chi connectivity index (χ1) is 15.7. The first-order valence-corrected chi connectivity index (χ1v) is 11.8. The van der Waals surface area contributed by atoms with Gasteiger partial charge in [-0.3, -0.25) is 9.79 Å². The van der Waals surface area contributed by atoms with Gasteiger partial charge in [-0.15, -0.1) is 0 Å². The number of guanidine groups is 1. The maximum Gasteiger partial charge on any atom is 0.222 e. The number of aromatic nitrogens is 1. The van der Waals surface area contributed by atoms with E-state index in [-0.39, 0.29) is 5.91 Å². The van der Waals surface area contributed by atoms with Gasteiger partial charge in [0.05, 0.1) is 0 Å². The number of carbonyl (C=O) groups is 1. The summed E-state index contributed by atoms with van der Waals surface area (Å²) in [5.41, 5.74) is 2.66. The number of pyridine rings is 1. The van der Waals surface area contributed by atoms with E-state index in [1.165, 1.54) is 11.1 Å². The van der Waals surface area contributed by atoms with Crippen LogP contribution in [0.4, 0.5) is 5.82 Å². The van der Waals surface area contributed by atoms with Crippen LogP contribution < -0.4 is 10.2 Å². The number of carbonyl (C=O) groups excluding carboxylic acids is 1. The van der Waals surface area contributed by atoms with Crippen molar-refractivity contribution in [1.82, 2.24) is 20.1 Å². The molecule has 3 heterocycles. The molecule has 170 valence electrons. The van der Waals surface area contributed by atoms with E-state index in [2.05, 4.69) is 57.4 Å². The van der Waals surface area contributed by atoms with Crippen molar-refractivity contribution in [3.63, 3.8) is 0 Å². The number of fused-ring (bicyclic) bond motifs is 1. The highest BCUT2D eigenvalue weighted by atomic mass is 16.2. The third kappa shape index (κ3) is 5.58. The molecule has 0 aliphatic carbocycles. The molecule has 2 aliphatic heterocycles. The Hall–Kier alpha value is -3.09. The Balaban J connectivity index is 1.24. The summed E-state index contributed by atoms with van der Waals surface area (Å²) in [7, 11) is 0. The molecule has 1 amide bonds. The SMILES string of the molecule is CCNC(=NCCCC(=O)N1CCc2ccccc2C1)N1CCN(c2ccccn2)CC1. The number of rotatable bonds is 6. The number of amides is 1. The smallest absolute Gasteiger partial charge is 0.222 e. The number of aliphatic imine (C=N–C) groups is 1. The summed E-state index contributed by atoms with van der Waals surface area (Å²) in [6, 6.07) is 14.5. The molecule has 0 saturated carbocycles. The molecule has 1 saturated heterocycles. The highest BCUT2D eigenvalue weighted by Gasteiger charge is 2.21. The third-order valence-corrected chi connectivity index (χ3v) is 6.18. The van der Waals surface area contributed by atoms with Gasteiger partial charge < -0.3 is 20.0 Å². The van der Waals surface area contributed by atoms with Gasteiger partial charge in [0.1, 0.15) is 5.82 Å². The zero-order chi connectivity index (χ0) is 22.2. The van der Waals surface area contributed by atoms with Gasteiger partial charge in [0.25, 0.3) is 0 Å². The number of anilines is 1. The minimum absolute atomic E-state index is 0.240. The minimum Gasteiger partial charge on any atom is -0.357 e. The summed E-state index contributed by atoms with van der Waals surface area (Å²) in [5, 5.41) is 3.42. The van der Waals surface area contributed by atoms with Crippen LogP contribution in [0.2, 0.25) is 0 Å². The summed E-state index contributed by atoms with van der Waals surface area (Å²) in [4.78, 5) is 28.6. The van der Waals surface area contributed by atoms with Crippen molar-refractivity contribution in [2.45, 2.75) is 32.7 Å². The summed E-state index contributed by atoms with van der Waals surface area (Å²) in [5.74, 6) is 2.23. The van der Waals surface area contributed by atoms with E-state index in [0.717, 1.165) is 70.4 Å². The summed E-state index contributed by atoms with van der Waals surface area (Å²) >= 11 is 0. The molecule has 0 spiro atoms. The normalized spacial score (nSPS) is 16.7. The van der Waals surface area contributed by atoms with Crippen LogP contribution in [0.3, 0.4) is 0 Å². The Morgan fingerprint density at radius 2 is 1.78 bits per heavy atom. The zero-order valence-corrected chi connectivity index (χ0v) is 19.0. The van der Waals surface area contributed by atoms with Gasteiger partial charge >= 0.3 is 0 Å². The Kier molecular flexibility index (Phi) is 7.59. The van der Waals surface area contributed by atoms with E-state index >= 15 is 0 Å². The topological polar surface area (TPSA) is 64.1 Å². The number of nitrogens with one attached hydrogen (secondary N) is 1. The Bertz CT molecular complexity index is 908. The lowest BCUT2D eigenvalue weighted by molar-refractivity contribution is -0.132. The van der Waals surface area contributed by atoms with Crippen molar-refractivity contribution in [1.29, 1.82) is 0 Å². The highest BCUT2D eigenvalue weighted by Crippen LogP contribution is 2.19. The molecule has 32 heavy (non-hydrogen) atoms. The molecule has 1 fully saturated rings. The fraction of sp³-hybridized carbons (Fsp3) is 0.480. The van der Waals surface area contributed by atoms with Gasteiger partial charge in [-0.1, -0.05) is 30.3 Å². The van der Waals surface area contributed by atoms with Gasteiger partial charge in [-0.2, -0.15) is 0 Å². The maximum absolute atomic E-state index is 12.7. The van der Waals surface area contributed by atoms with E-state index in [9.17, 15) is 4.79 Å². The molecule has 0 unspecified atom stereocenters. The van der Waals surface area contributed by atoms with Gasteiger partial charge in [-0.25, -0.2) is 4.98 Å². The van der Waals surface area contributed by atoms with Crippen molar-refractivity contribution < 1.29 is 4.79 Å². The van der Waals surface area contributed by atoms with Gasteiger partial charge in [0.2, 0.25) is 5.91 Å². The molecule has 7 nitrogen and oxygen atoms in total. The summed E-state index contributed by atoms with van der Waals surface area (Å²) < 4.78 is 0. The molecule has 1 aromatic heterocycles. The molecule has 1 N–H and O–H groups in total. The van der Waals surface area contributed by atoms with Gasteiger partial charge in [0.15, 0.2) is 5.96 Å². The van der Waals surface area contributed by atoms with Crippen LogP contribution >= 0.6 is 0 Å². The summed E-state index contributed by atoms with van der Waals surface area (Å²) in [6.45, 7) is 8.83. The number of nitrogens with zero attached hydrogens (tertiary/aromatic N) is 5. The predicted octanol–water partition coefficient (Wildman–Crippen LogP) is 2.53. The van der Waals surface area contributed by atoms with Crippen LogP contribution in [0.15, 0.2) is 53.7 Å². The molecule has 7 heteroatoms. The van der Waals surface area contributed by atoms with E-state index in [0.29, 0.717) is 13.0 Å². The number of hydrogen-bond donors (Lipinski definition) is 1. The van der Waals surface area contributed by atoms with Crippen LogP contribution in [0.5, 0.6) is 0 Å². The molecular weight excluding hydrogens is 400 g/mol. The largest absolute Gasteiger partial charge is 0.357 e. The lowest BCUT2D eigenvalue weighted by atomic mass is 9.99. The van der Waals surface area contributed by atoms with Crippen LogP contribution in [-0.2, 0) is 17.8 Å². The molecule has 0 bridgehead atoms. The predicted molar refractivity (Wildman–Crippen MR) is 129 cm³/mol. The molecule has 1 aromatic carbocycles. The molecular formula is C25H34N6O. The lowest BCUT2D eigenvalue weighted by Crippen LogP contribution is -2.52. The fourth-order valence-corrected chi connectivity index (χ4v) is 4.40. The van der Waals surface area contributed by atoms with Gasteiger partial charge in [0, 0.05) is 65.0 Å². The van der Waals surface area contributed by atoms with Crippen LogP contribution in [0.1, 0.15) is 30.9 Å². The Labute approximate surface area is 191 Å². The van der Waals surface area contributed by atoms with Crippen molar-refractivity contribution in [2.75, 3.05) is 50.7 Å². The zero-order valence-electron chi connectivity index (χ0n) is 19.0. The molecule has 2 aliphatic rings. The second-order valence-corrected chi connectivity index (χ2v) is 8.34. The standard InChI is InChI=1S/C25H34N6O/c1-2-26-25(30-18-16-29(17-19-30)23-10-5-6-13-27-23)28-14-7-11-24(32)31-15-12-21-8-3-4-9-22(21)20-31/h3-6,8-10,13H,2,7,11-12,14-20H2,1H3,(H,26,28). The number of benzene rings is 1. The fourth-order valence-electron chi connectivity index (χ4n) is 4.40. The van der Waals surface area contributed by atoms with Crippen molar-refractivity contribution in [3.05, 3.63) is 59.8 Å². The monoisotopic (exact) mass is 434 g/mol. The van der Waals surface area contributed by atoms with Crippen LogP contribution in [-0.4, -0.2) is 72.5 Å². The Morgan fingerprint density at radius 1 is 1.00 bits per heavy atom. The van der Waals surface area contributed by atoms with E-state index in [4.69, 9.17) is 4.99 Å². The van der Waals surface area contributed by atoms with E-state index in [1.807, 2.05) is 23.2 Å². The number of piperazine rings is 1. The van der Waals surface area contributed by atoms with E-state index < -0.39 is 0 Å². The average molecular weight is 435 g/mol. The second kappa shape index (κ2) is 11.0. The third-order valence-electron chi connectivity index (χ3n) is 6.18. The molecule has 0 radical (unpaired) electrons. The first kappa shape index (κ1) is 22.1. The van der Waals surface area contributed by atoms with Crippen molar-refractivity contribution in [3.8, 4) is 0 Å². The maximum atomic E-state index is 12.7. The molecule has 2 aromatic rings. The second-order valence-electron chi connectivity index (χ2n) is 8.34. The van der Waals surface area contributed by atoms with Gasteiger partial charge in [-0.05, 0) is 43.0 Å². The van der Waals surface area contributed by atoms with E-state index in [1.54, 1.807) is 0 Å². The van der Waals surface area contributed by atoms with Crippen molar-refractivity contribution >= 4 is 17.7 Å². The number of hydrogen-bond acceptors (Lipinski definition) is 4. The quantitative estimate of drug-likeness (QED) is 0.430. The lowest BCUT2D eigenvalue weighted by Gasteiger charge is -2.37. The molecule has 0 atom stereocenters. The minimum atomic E-state index is 0.240.